The number of nitrogens with two attached hydrogens (primary N) is 1. The van der Waals surface area contributed by atoms with Crippen molar-refractivity contribution in [1.82, 2.24) is 4.90 Å². The van der Waals surface area contributed by atoms with Crippen LogP contribution in [0.15, 0.2) is 47.5 Å². The van der Waals surface area contributed by atoms with Crippen molar-refractivity contribution in [3.05, 3.63) is 70.0 Å². The number of carbonyl (C=O) groups excluding carboxylic acids is 3. The number of hydrogen-bond donors (Lipinski definition) is 1. The third-order valence-electron chi connectivity index (χ3n) is 7.64. The molecule has 1 aliphatic carbocycles. The summed E-state index contributed by atoms with van der Waals surface area (Å²) in [6, 6.07) is 12.0. The summed E-state index contributed by atoms with van der Waals surface area (Å²) in [5.41, 5.74) is 5.86. The Kier molecular flexibility index (Phi) is 14.7. The normalized spacial score (nSPS) is 20.5. The Morgan fingerprint density at radius 3 is 2.25 bits per heavy atom. The number of carboxylic acid groups (broad SMARTS) is 1. The molecule has 2 N–H and O–H groups in total. The van der Waals surface area contributed by atoms with Crippen molar-refractivity contribution in [3.63, 3.8) is 0 Å². The van der Waals surface area contributed by atoms with Crippen LogP contribution in [0.2, 0.25) is 5.02 Å². The van der Waals surface area contributed by atoms with Crippen molar-refractivity contribution in [1.29, 1.82) is 0 Å². The zero-order valence-electron chi connectivity index (χ0n) is 24.1. The molecule has 1 atom stereocenters. The van der Waals surface area contributed by atoms with Crippen LogP contribution in [0.25, 0.3) is 0 Å². The summed E-state index contributed by atoms with van der Waals surface area (Å²) in [5.74, 6) is -0.875. The molecule has 0 aromatic heterocycles. The van der Waals surface area contributed by atoms with E-state index in [1.54, 1.807) is 12.1 Å². The topological polar surface area (TPSA) is 116 Å². The van der Waals surface area contributed by atoms with Crippen LogP contribution < -0.4 is 40.4 Å². The van der Waals surface area contributed by atoms with E-state index in [9.17, 15) is 19.1 Å². The molecule has 1 spiro atoms. The number of aryl methyl sites for hydroxylation is 1. The van der Waals surface area contributed by atoms with Crippen LogP contribution in [-0.4, -0.2) is 42.0 Å². The number of carboxylic acids is 1. The number of nitrogens with zero attached hydrogens (tertiary/aromatic N) is 2. The minimum absolute atomic E-state index is 0. The molecule has 0 radical (unpaired) electrons. The third-order valence-corrected chi connectivity index (χ3v) is 7.93. The quantitative estimate of drug-likeness (QED) is 0.498. The average molecular weight is 582 g/mol. The molecule has 10 heteroatoms. The number of carbonyl (C=O) groups is 3. The van der Waals surface area contributed by atoms with E-state index in [0.717, 1.165) is 36.8 Å². The Morgan fingerprint density at radius 2 is 1.73 bits per heavy atom. The second-order valence-corrected chi connectivity index (χ2v) is 10.5. The Labute approximate surface area is 263 Å². The van der Waals surface area contributed by atoms with E-state index >= 15 is 0 Å². The van der Waals surface area contributed by atoms with Crippen LogP contribution in [0, 0.1) is 17.7 Å². The molecule has 2 aromatic rings. The van der Waals surface area contributed by atoms with Gasteiger partial charge in [0.25, 0.3) is 5.91 Å². The average Bonchev–Trinajstić information content (AvgIpc) is 3.22. The molecular weight excluding hydrogens is 544 g/mol. The van der Waals surface area contributed by atoms with Gasteiger partial charge in [-0.05, 0) is 87.6 Å². The van der Waals surface area contributed by atoms with Crippen LogP contribution in [0.1, 0.15) is 75.6 Å². The first-order valence-corrected chi connectivity index (χ1v) is 13.5. The summed E-state index contributed by atoms with van der Waals surface area (Å²) in [5, 5.41) is 10.8. The summed E-state index contributed by atoms with van der Waals surface area (Å²) in [4.78, 5) is 39.4. The molecule has 0 saturated heterocycles. The molecular formula is C30H38ClFN3NaO4. The van der Waals surface area contributed by atoms with Gasteiger partial charge in [-0.25, -0.2) is 4.39 Å². The fourth-order valence-electron chi connectivity index (χ4n) is 5.49. The zero-order valence-corrected chi connectivity index (χ0v) is 26.8. The van der Waals surface area contributed by atoms with Crippen LogP contribution in [0.3, 0.4) is 0 Å². The smallest absolute Gasteiger partial charge is 0.550 e. The maximum atomic E-state index is 14.9. The fourth-order valence-corrected chi connectivity index (χ4v) is 5.67. The summed E-state index contributed by atoms with van der Waals surface area (Å²) in [7, 11) is 1.50. The van der Waals surface area contributed by atoms with E-state index in [4.69, 9.17) is 21.4 Å². The van der Waals surface area contributed by atoms with E-state index < -0.39 is 17.4 Å². The van der Waals surface area contributed by atoms with Crippen LogP contribution in [-0.2, 0) is 20.8 Å². The van der Waals surface area contributed by atoms with Gasteiger partial charge >= 0.3 is 29.6 Å². The van der Waals surface area contributed by atoms with Crippen molar-refractivity contribution in [2.24, 2.45) is 22.6 Å². The van der Waals surface area contributed by atoms with E-state index in [2.05, 4.69) is 19.6 Å². The summed E-state index contributed by atoms with van der Waals surface area (Å²) in [6.07, 6.45) is 3.70. The Balaban J connectivity index is 0.00000153. The first kappa shape index (κ1) is 35.9. The first-order chi connectivity index (χ1) is 18.6. The predicted molar refractivity (Wildman–Crippen MR) is 150 cm³/mol. The summed E-state index contributed by atoms with van der Waals surface area (Å²) < 4.78 is 14.9. The van der Waals surface area contributed by atoms with Crippen LogP contribution in [0.4, 0.5) is 4.39 Å². The molecule has 1 unspecified atom stereocenters. The molecule has 1 fully saturated rings. The van der Waals surface area contributed by atoms with E-state index in [1.807, 2.05) is 42.9 Å². The molecule has 2 aliphatic rings. The molecule has 1 heterocycles. The third kappa shape index (κ3) is 8.01. The summed E-state index contributed by atoms with van der Waals surface area (Å²) in [6.45, 7) is 8.42. The molecule has 212 valence electrons. The minimum Gasteiger partial charge on any atom is -0.550 e. The molecule has 1 aliphatic heterocycles. The van der Waals surface area contributed by atoms with Gasteiger partial charge in [-0.2, -0.15) is 0 Å². The largest absolute Gasteiger partial charge is 1.00 e. The van der Waals surface area contributed by atoms with Crippen molar-refractivity contribution < 1.29 is 53.4 Å². The molecule has 40 heavy (non-hydrogen) atoms. The van der Waals surface area contributed by atoms with Crippen molar-refractivity contribution in [2.75, 3.05) is 7.05 Å². The number of hydrogen-bond acceptors (Lipinski definition) is 6. The standard InChI is InChI=1S/C28H32ClFN2O3.CH5N.CH2O.Na/c1-17(2)20-13-15-28(16-14-20)31-26(22-5-4-6-23(29)25(22)30)27(35)32(28)18(3)21-10-7-19(8-11-21)9-12-24(33)34;2*1-2;/h4-8,10-11,17-18,20H,9,12-16H2,1-3H3,(H,33,34);2H2,1H3;1H2;/q;;;+1/p-1. The fraction of sp³-hybridized carbons (Fsp3) is 0.467. The van der Waals surface area contributed by atoms with Gasteiger partial charge in [0.15, 0.2) is 5.82 Å². The van der Waals surface area contributed by atoms with Gasteiger partial charge < -0.3 is 25.3 Å². The molecule has 1 amide bonds. The number of aliphatic carboxylic acids is 1. The number of benzene rings is 2. The number of halogens is 2. The van der Waals surface area contributed by atoms with Crippen molar-refractivity contribution in [2.45, 2.75) is 71.0 Å². The molecule has 0 bridgehead atoms. The molecule has 4 rings (SSSR count). The number of aliphatic imine (C=N–C) groups is 1. The summed E-state index contributed by atoms with van der Waals surface area (Å²) >= 11 is 6.03. The van der Waals surface area contributed by atoms with Crippen LogP contribution in [0.5, 0.6) is 0 Å². The molecule has 1 saturated carbocycles. The van der Waals surface area contributed by atoms with Gasteiger partial charge in [0.2, 0.25) is 0 Å². The van der Waals surface area contributed by atoms with E-state index in [-0.39, 0.29) is 64.2 Å². The van der Waals surface area contributed by atoms with E-state index in [0.29, 0.717) is 18.3 Å². The minimum atomic E-state index is -1.08. The van der Waals surface area contributed by atoms with Gasteiger partial charge in [-0.1, -0.05) is 55.8 Å². The van der Waals surface area contributed by atoms with Gasteiger partial charge in [-0.3, -0.25) is 9.79 Å². The predicted octanol–water partition coefficient (Wildman–Crippen LogP) is 1.49. The maximum Gasteiger partial charge on any atom is 1.00 e. The Bertz CT molecular complexity index is 1170. The molecule has 2 aromatic carbocycles. The number of amides is 1. The first-order valence-electron chi connectivity index (χ1n) is 13.2. The number of rotatable bonds is 7. The maximum absolute atomic E-state index is 14.9. The van der Waals surface area contributed by atoms with Crippen molar-refractivity contribution in [3.8, 4) is 0 Å². The van der Waals surface area contributed by atoms with Crippen molar-refractivity contribution >= 4 is 36.0 Å². The Hall–Kier alpha value is -2.10. The second-order valence-electron chi connectivity index (χ2n) is 10.1. The SMILES string of the molecule is C=O.CC(C)C1CCC2(CC1)N=C(c1cccc(Cl)c1F)C(=O)N2C(C)c1ccc(CCC(=O)[O-])cc1.CN.[Na+]. The van der Waals surface area contributed by atoms with Gasteiger partial charge in [0, 0.05) is 11.5 Å². The van der Waals surface area contributed by atoms with Gasteiger partial charge in [-0.15, -0.1) is 0 Å². The second kappa shape index (κ2) is 16.4. The molecule has 7 nitrogen and oxygen atoms in total. The zero-order chi connectivity index (χ0) is 29.3. The van der Waals surface area contributed by atoms with E-state index in [1.165, 1.54) is 13.1 Å². The van der Waals surface area contributed by atoms with Gasteiger partial charge in [0.05, 0.1) is 11.1 Å². The Morgan fingerprint density at radius 1 is 1.15 bits per heavy atom. The van der Waals surface area contributed by atoms with Gasteiger partial charge in [0.1, 0.15) is 18.2 Å². The monoisotopic (exact) mass is 581 g/mol. The van der Waals surface area contributed by atoms with Crippen LogP contribution >= 0.6 is 11.6 Å².